The number of hydrogen-bond donors (Lipinski definition) is 3. The Labute approximate surface area is 157 Å². The SMILES string of the molecule is O=C(CC1CCCCC1)NC1CCC(C(=O)NCC2=CCNCC2)CC1. The Hall–Kier alpha value is -1.36. The second-order valence-corrected chi connectivity index (χ2v) is 8.36. The van der Waals surface area contributed by atoms with E-state index in [9.17, 15) is 9.59 Å². The molecule has 3 aliphatic rings. The van der Waals surface area contributed by atoms with E-state index in [1.165, 1.54) is 37.7 Å². The Morgan fingerprint density at radius 3 is 2.50 bits per heavy atom. The van der Waals surface area contributed by atoms with E-state index >= 15 is 0 Å². The van der Waals surface area contributed by atoms with Gasteiger partial charge in [0.1, 0.15) is 0 Å². The molecule has 3 rings (SSSR count). The molecule has 0 bridgehead atoms. The van der Waals surface area contributed by atoms with E-state index < -0.39 is 0 Å². The van der Waals surface area contributed by atoms with Crippen molar-refractivity contribution in [1.82, 2.24) is 16.0 Å². The minimum Gasteiger partial charge on any atom is -0.353 e. The van der Waals surface area contributed by atoms with Crippen LogP contribution in [0.25, 0.3) is 0 Å². The quantitative estimate of drug-likeness (QED) is 0.637. The fourth-order valence-electron chi connectivity index (χ4n) is 4.62. The molecule has 0 radical (unpaired) electrons. The molecule has 2 amide bonds. The first-order valence-electron chi connectivity index (χ1n) is 10.7. The van der Waals surface area contributed by atoms with Gasteiger partial charge in [-0.3, -0.25) is 9.59 Å². The average molecular weight is 362 g/mol. The van der Waals surface area contributed by atoms with Crippen LogP contribution >= 0.6 is 0 Å². The summed E-state index contributed by atoms with van der Waals surface area (Å²) in [5.41, 5.74) is 1.33. The standard InChI is InChI=1S/C21H35N3O2/c25-20(14-16-4-2-1-3-5-16)24-19-8-6-18(7-9-19)21(26)23-15-17-10-12-22-13-11-17/h10,16,18-19,22H,1-9,11-15H2,(H,23,26)(H,24,25). The van der Waals surface area contributed by atoms with Crippen LogP contribution in [-0.2, 0) is 9.59 Å². The van der Waals surface area contributed by atoms with Crippen molar-refractivity contribution in [2.24, 2.45) is 11.8 Å². The number of carbonyl (C=O) groups excluding carboxylic acids is 2. The Morgan fingerprint density at radius 2 is 1.81 bits per heavy atom. The summed E-state index contributed by atoms with van der Waals surface area (Å²) in [6, 6.07) is 0.266. The van der Waals surface area contributed by atoms with Crippen molar-refractivity contribution in [2.45, 2.75) is 76.7 Å². The maximum atomic E-state index is 12.4. The first-order chi connectivity index (χ1) is 12.7. The Bertz CT molecular complexity index is 503. The molecule has 26 heavy (non-hydrogen) atoms. The second-order valence-electron chi connectivity index (χ2n) is 8.36. The topological polar surface area (TPSA) is 70.2 Å². The minimum absolute atomic E-state index is 0.115. The molecule has 2 saturated carbocycles. The van der Waals surface area contributed by atoms with Gasteiger partial charge in [-0.2, -0.15) is 0 Å². The molecule has 5 nitrogen and oxygen atoms in total. The molecular formula is C21H35N3O2. The monoisotopic (exact) mass is 361 g/mol. The van der Waals surface area contributed by atoms with Gasteiger partial charge >= 0.3 is 0 Å². The van der Waals surface area contributed by atoms with E-state index in [4.69, 9.17) is 0 Å². The first kappa shape index (κ1) is 19.4. The van der Waals surface area contributed by atoms with Crippen LogP contribution in [0.2, 0.25) is 0 Å². The summed E-state index contributed by atoms with van der Waals surface area (Å²) >= 11 is 0. The molecule has 0 unspecified atom stereocenters. The van der Waals surface area contributed by atoms with E-state index in [1.54, 1.807) is 0 Å². The zero-order valence-corrected chi connectivity index (χ0v) is 16.0. The summed E-state index contributed by atoms with van der Waals surface area (Å²) in [6.45, 7) is 2.61. The van der Waals surface area contributed by atoms with Crippen LogP contribution in [0, 0.1) is 11.8 Å². The molecule has 2 fully saturated rings. The lowest BCUT2D eigenvalue weighted by Gasteiger charge is -2.29. The molecule has 3 N–H and O–H groups in total. The van der Waals surface area contributed by atoms with E-state index in [1.807, 2.05) is 0 Å². The Balaban J connectivity index is 1.32. The Morgan fingerprint density at radius 1 is 1.04 bits per heavy atom. The van der Waals surface area contributed by atoms with Crippen molar-refractivity contribution in [3.63, 3.8) is 0 Å². The van der Waals surface area contributed by atoms with Crippen molar-refractivity contribution in [3.8, 4) is 0 Å². The molecule has 0 aromatic carbocycles. The highest BCUT2D eigenvalue weighted by molar-refractivity contribution is 5.79. The lowest BCUT2D eigenvalue weighted by molar-refractivity contribution is -0.126. The first-order valence-corrected chi connectivity index (χ1v) is 10.7. The zero-order chi connectivity index (χ0) is 18.2. The number of carbonyl (C=O) groups is 2. The average Bonchev–Trinajstić information content (AvgIpc) is 2.68. The van der Waals surface area contributed by atoms with Gasteiger partial charge < -0.3 is 16.0 Å². The van der Waals surface area contributed by atoms with E-state index in [2.05, 4.69) is 22.0 Å². The molecule has 2 aliphatic carbocycles. The van der Waals surface area contributed by atoms with Gasteiger partial charge in [0.05, 0.1) is 0 Å². The van der Waals surface area contributed by atoms with Gasteiger partial charge in [0.15, 0.2) is 0 Å². The summed E-state index contributed by atoms with van der Waals surface area (Å²) < 4.78 is 0. The van der Waals surface area contributed by atoms with Gasteiger partial charge in [-0.05, 0) is 57.4 Å². The number of nitrogens with one attached hydrogen (secondary N) is 3. The fourth-order valence-corrected chi connectivity index (χ4v) is 4.62. The third kappa shape index (κ3) is 6.11. The lowest BCUT2D eigenvalue weighted by Crippen LogP contribution is -2.41. The van der Waals surface area contributed by atoms with Crippen LogP contribution < -0.4 is 16.0 Å². The Kier molecular flexibility index (Phi) is 7.54. The molecule has 146 valence electrons. The highest BCUT2D eigenvalue weighted by atomic mass is 16.2. The van der Waals surface area contributed by atoms with Crippen molar-refractivity contribution in [2.75, 3.05) is 19.6 Å². The fraction of sp³-hybridized carbons (Fsp3) is 0.810. The summed E-state index contributed by atoms with van der Waals surface area (Å²) in [6.07, 6.45) is 13.9. The van der Waals surface area contributed by atoms with Crippen molar-refractivity contribution < 1.29 is 9.59 Å². The largest absolute Gasteiger partial charge is 0.353 e. The molecule has 0 aromatic rings. The maximum Gasteiger partial charge on any atom is 0.223 e. The van der Waals surface area contributed by atoms with E-state index in [0.717, 1.165) is 45.2 Å². The summed E-state index contributed by atoms with van der Waals surface area (Å²) in [5, 5.41) is 9.62. The second kappa shape index (κ2) is 10.1. The van der Waals surface area contributed by atoms with Crippen molar-refractivity contribution >= 4 is 11.8 Å². The molecule has 1 heterocycles. The summed E-state index contributed by atoms with van der Waals surface area (Å²) in [5.74, 6) is 1.12. The van der Waals surface area contributed by atoms with Gasteiger partial charge in [0, 0.05) is 31.5 Å². The van der Waals surface area contributed by atoms with Crippen LogP contribution in [0.5, 0.6) is 0 Å². The molecule has 5 heteroatoms. The predicted octanol–water partition coefficient (Wildman–Crippen LogP) is 2.67. The number of amides is 2. The van der Waals surface area contributed by atoms with Crippen LogP contribution in [0.15, 0.2) is 11.6 Å². The zero-order valence-electron chi connectivity index (χ0n) is 16.0. The lowest BCUT2D eigenvalue weighted by atomic mass is 9.84. The van der Waals surface area contributed by atoms with Gasteiger partial charge in [-0.15, -0.1) is 0 Å². The van der Waals surface area contributed by atoms with Gasteiger partial charge in [-0.1, -0.05) is 30.9 Å². The van der Waals surface area contributed by atoms with E-state index in [0.29, 0.717) is 18.9 Å². The summed E-state index contributed by atoms with van der Waals surface area (Å²) in [4.78, 5) is 24.7. The van der Waals surface area contributed by atoms with Crippen molar-refractivity contribution in [3.05, 3.63) is 11.6 Å². The maximum absolute atomic E-state index is 12.4. The smallest absolute Gasteiger partial charge is 0.223 e. The van der Waals surface area contributed by atoms with E-state index in [-0.39, 0.29) is 23.8 Å². The normalized spacial score (nSPS) is 27.5. The van der Waals surface area contributed by atoms with Crippen LogP contribution in [0.4, 0.5) is 0 Å². The number of rotatable bonds is 6. The third-order valence-electron chi connectivity index (χ3n) is 6.31. The molecule has 0 aromatic heterocycles. The van der Waals surface area contributed by atoms with Crippen molar-refractivity contribution in [1.29, 1.82) is 0 Å². The van der Waals surface area contributed by atoms with Gasteiger partial charge in [0.25, 0.3) is 0 Å². The predicted molar refractivity (Wildman–Crippen MR) is 104 cm³/mol. The molecule has 0 atom stereocenters. The van der Waals surface area contributed by atoms with Crippen LogP contribution in [-0.4, -0.2) is 37.5 Å². The minimum atomic E-state index is 0.115. The number of hydrogen-bond acceptors (Lipinski definition) is 3. The highest BCUT2D eigenvalue weighted by Crippen LogP contribution is 2.27. The van der Waals surface area contributed by atoms with Gasteiger partial charge in [-0.25, -0.2) is 0 Å². The molecule has 1 aliphatic heterocycles. The molecular weight excluding hydrogens is 326 g/mol. The molecule has 0 saturated heterocycles. The summed E-state index contributed by atoms with van der Waals surface area (Å²) in [7, 11) is 0. The van der Waals surface area contributed by atoms with Crippen LogP contribution in [0.3, 0.4) is 0 Å². The third-order valence-corrected chi connectivity index (χ3v) is 6.31. The van der Waals surface area contributed by atoms with Crippen LogP contribution in [0.1, 0.15) is 70.6 Å². The highest BCUT2D eigenvalue weighted by Gasteiger charge is 2.27. The molecule has 0 spiro atoms. The van der Waals surface area contributed by atoms with Gasteiger partial charge in [0.2, 0.25) is 11.8 Å².